The van der Waals surface area contributed by atoms with E-state index in [0.29, 0.717) is 0 Å². The van der Waals surface area contributed by atoms with Gasteiger partial charge in [0.2, 0.25) is 0 Å². The molecular weight excluding hydrogens is 1740 g/mol. The van der Waals surface area contributed by atoms with Crippen LogP contribution < -0.4 is 9.80 Å². The normalized spacial score (nSPS) is 12.8. The van der Waals surface area contributed by atoms with Crippen molar-refractivity contribution in [1.82, 2.24) is 9.13 Å². The van der Waals surface area contributed by atoms with Crippen molar-refractivity contribution in [2.45, 2.75) is 24.7 Å². The zero-order valence-electron chi connectivity index (χ0n) is 79.6. The summed E-state index contributed by atoms with van der Waals surface area (Å²) in [5.74, 6) is 0. The molecule has 144 heavy (non-hydrogen) atoms. The molecule has 674 valence electrons. The smallest absolute Gasteiger partial charge is 0.0725 e. The van der Waals surface area contributed by atoms with Crippen LogP contribution in [0.3, 0.4) is 0 Å². The van der Waals surface area contributed by atoms with Crippen LogP contribution in [0, 0.1) is 0 Å². The molecule has 4 nitrogen and oxygen atoms in total. The van der Waals surface area contributed by atoms with E-state index in [-0.39, 0.29) is 5.41 Å². The van der Waals surface area contributed by atoms with Crippen LogP contribution in [-0.2, 0) is 10.8 Å². The fourth-order valence-corrected chi connectivity index (χ4v) is 24.8. The minimum Gasteiger partial charge on any atom is -0.310 e. The first kappa shape index (κ1) is 83.7. The van der Waals surface area contributed by atoms with E-state index in [4.69, 9.17) is 0 Å². The third-order valence-electron chi connectivity index (χ3n) is 31.2. The molecule has 24 aromatic carbocycles. The van der Waals surface area contributed by atoms with Crippen LogP contribution in [0.1, 0.15) is 47.2 Å². The van der Waals surface area contributed by atoms with Gasteiger partial charge < -0.3 is 18.9 Å². The van der Waals surface area contributed by atoms with Gasteiger partial charge in [-0.15, -0.1) is 0 Å². The van der Waals surface area contributed by atoms with Gasteiger partial charge in [-0.25, -0.2) is 0 Å². The van der Waals surface area contributed by atoms with E-state index < -0.39 is 5.41 Å². The molecule has 0 atom stereocenters. The second kappa shape index (κ2) is 33.7. The second-order valence-electron chi connectivity index (χ2n) is 39.1. The van der Waals surface area contributed by atoms with Crippen LogP contribution in [0.25, 0.3) is 198 Å². The number of para-hydroxylation sites is 4. The summed E-state index contributed by atoms with van der Waals surface area (Å²) in [6, 6.07) is 197. The largest absolute Gasteiger partial charge is 0.310 e. The molecule has 3 aliphatic rings. The Bertz CT molecular complexity index is 9470. The van der Waals surface area contributed by atoms with E-state index in [9.17, 15) is 0 Å². The van der Waals surface area contributed by atoms with Crippen LogP contribution in [0.4, 0.5) is 34.1 Å². The van der Waals surface area contributed by atoms with Crippen molar-refractivity contribution in [2.24, 2.45) is 0 Å². The predicted octanol–water partition coefficient (Wildman–Crippen LogP) is 37.8. The number of nitrogens with zero attached hydrogens (tertiary/aromatic N) is 4. The topological polar surface area (TPSA) is 16.3 Å². The minimum atomic E-state index is -0.415. The number of rotatable bonds is 14. The monoisotopic (exact) mass is 1830 g/mol. The highest BCUT2D eigenvalue weighted by Gasteiger charge is 2.52. The van der Waals surface area contributed by atoms with Gasteiger partial charge in [0.25, 0.3) is 0 Å². The molecule has 0 unspecified atom stereocenters. The summed E-state index contributed by atoms with van der Waals surface area (Å²) in [7, 11) is 0. The Kier molecular flexibility index (Phi) is 19.6. The molecular formula is C140H94N4. The van der Waals surface area contributed by atoms with Gasteiger partial charge >= 0.3 is 0 Å². The molecule has 26 aromatic rings. The van der Waals surface area contributed by atoms with Crippen LogP contribution in [0.2, 0.25) is 0 Å². The van der Waals surface area contributed by atoms with E-state index >= 15 is 0 Å². The molecule has 3 aliphatic carbocycles. The fourth-order valence-electron chi connectivity index (χ4n) is 24.8. The summed E-state index contributed by atoms with van der Waals surface area (Å²) in [5.41, 5.74) is 43.8. The van der Waals surface area contributed by atoms with Gasteiger partial charge in [-0.3, -0.25) is 0 Å². The fraction of sp³-hybridized carbons (Fsp3) is 0.0286. The van der Waals surface area contributed by atoms with Crippen molar-refractivity contribution in [2.75, 3.05) is 9.80 Å². The first-order chi connectivity index (χ1) is 71.2. The van der Waals surface area contributed by atoms with Gasteiger partial charge in [0, 0.05) is 72.5 Å². The first-order valence-corrected chi connectivity index (χ1v) is 50.1. The van der Waals surface area contributed by atoms with Crippen molar-refractivity contribution in [1.29, 1.82) is 0 Å². The van der Waals surface area contributed by atoms with Crippen molar-refractivity contribution < 1.29 is 0 Å². The average Bonchev–Trinajstić information content (AvgIpc) is 1.50. The zero-order chi connectivity index (χ0) is 95.2. The van der Waals surface area contributed by atoms with E-state index in [2.05, 4.69) is 567 Å². The Morgan fingerprint density at radius 1 is 0.153 bits per heavy atom. The summed E-state index contributed by atoms with van der Waals surface area (Å²) in [4.78, 5) is 4.88. The van der Waals surface area contributed by atoms with Crippen molar-refractivity contribution in [3.8, 4) is 112 Å². The number of anilines is 6. The van der Waals surface area contributed by atoms with Gasteiger partial charge in [0.1, 0.15) is 0 Å². The molecule has 1 spiro atoms. The van der Waals surface area contributed by atoms with Gasteiger partial charge in [0.15, 0.2) is 0 Å². The molecule has 0 radical (unpaired) electrons. The van der Waals surface area contributed by atoms with Crippen molar-refractivity contribution in [3.05, 3.63) is 567 Å². The van der Waals surface area contributed by atoms with E-state index in [1.807, 2.05) is 0 Å². The highest BCUT2D eigenvalue weighted by Crippen LogP contribution is 2.64. The maximum Gasteiger partial charge on any atom is 0.0725 e. The molecule has 4 heteroatoms. The number of hydrogen-bond donors (Lipinski definition) is 0. The third kappa shape index (κ3) is 13.1. The summed E-state index contributed by atoms with van der Waals surface area (Å²) in [6.07, 6.45) is 0. The SMILES string of the molecule is CC1(C)c2ccccc2-c2ccc(N(c3ccc(-c4ccc5c(c4)c4ccccc4n5-c4ccccc4)cc3)c3ccc(-c4c5ccccc5c(-c5ccccc5)c5ccccc45)cc3)cc21.c1ccc(-c2c3ccccc3c(-c3ccc(N(c4ccc(-c5ccc6c(c5)c5ccccc5n6-c5ccccc5)cc4)c4ccc5c(c4)-c4ccccc4C54c5ccccc5-c5ccccc54)cc3)c3ccccc23)cc1. The lowest BCUT2D eigenvalue weighted by Gasteiger charge is -2.31. The summed E-state index contributed by atoms with van der Waals surface area (Å²) >= 11 is 0. The van der Waals surface area contributed by atoms with Crippen molar-refractivity contribution >= 4 is 121 Å². The molecule has 2 aromatic heterocycles. The Hall–Kier alpha value is -18.5. The van der Waals surface area contributed by atoms with Crippen molar-refractivity contribution in [3.63, 3.8) is 0 Å². The summed E-state index contributed by atoms with van der Waals surface area (Å²) < 4.78 is 4.76. The van der Waals surface area contributed by atoms with E-state index in [1.165, 1.54) is 226 Å². The lowest BCUT2D eigenvalue weighted by Crippen LogP contribution is -2.25. The number of benzene rings is 24. The van der Waals surface area contributed by atoms with Crippen LogP contribution >= 0.6 is 0 Å². The Morgan fingerprint density at radius 2 is 0.403 bits per heavy atom. The maximum atomic E-state index is 2.45. The molecule has 0 aliphatic heterocycles. The van der Waals surface area contributed by atoms with Crippen LogP contribution in [-0.4, -0.2) is 9.13 Å². The predicted molar refractivity (Wildman–Crippen MR) is 607 cm³/mol. The standard InChI is InChI=1S/C75H48N2.C65H46N2/c1-3-19-50(20-4-1)73-61-27-7-9-29-63(61)74(64-30-10-8-28-62(64)73)51-37-42-55(43-38-51)76(54-40-35-49(36-41-54)52-39-46-72-66(47-52)60-26-14-18-34-71(60)77(72)53-21-5-2-6-22-53)56-44-45-70-65(48-56)59-25-13-17-33-69(59)75(70)67-31-15-11-23-57(67)58-24-12-16-32-68(58)75;1-65(2)59-27-15-13-21-51(59)52-39-38-50(42-60(52)65)66(48-34-29-43(30-35-48)46-33-40-62-58(41-46)53-22-14-16-28-61(53)67(62)47-19-7-4-8-20-47)49-36-31-45(32-37-49)64-56-25-11-9-23-54(56)63(44-17-5-3-6-18-44)55-24-10-12-26-57(55)64/h1-48H;3-42H,1-2H3. The number of hydrogen-bond acceptors (Lipinski definition) is 2. The summed E-state index contributed by atoms with van der Waals surface area (Å²) in [6.45, 7) is 4.72. The lowest BCUT2D eigenvalue weighted by molar-refractivity contribution is 0.660. The lowest BCUT2D eigenvalue weighted by atomic mass is 9.70. The third-order valence-corrected chi connectivity index (χ3v) is 31.2. The molecule has 2 heterocycles. The van der Waals surface area contributed by atoms with Gasteiger partial charge in [-0.1, -0.05) is 414 Å². The number of fused-ring (bicyclic) bond motifs is 23. The Labute approximate surface area is 837 Å². The minimum absolute atomic E-state index is 0.127. The molecule has 0 saturated carbocycles. The number of aromatic nitrogens is 2. The molecule has 0 N–H and O–H groups in total. The first-order valence-electron chi connectivity index (χ1n) is 50.1. The van der Waals surface area contributed by atoms with Crippen LogP contribution in [0.5, 0.6) is 0 Å². The molecule has 29 rings (SSSR count). The van der Waals surface area contributed by atoms with Gasteiger partial charge in [-0.05, 0) is 310 Å². The molecule has 0 amide bonds. The maximum absolute atomic E-state index is 2.45. The van der Waals surface area contributed by atoms with E-state index in [0.717, 1.165) is 39.8 Å². The second-order valence-corrected chi connectivity index (χ2v) is 39.1. The molecule has 0 fully saturated rings. The molecule has 0 bridgehead atoms. The Morgan fingerprint density at radius 3 is 0.778 bits per heavy atom. The average molecular weight is 1830 g/mol. The zero-order valence-corrected chi connectivity index (χ0v) is 79.6. The molecule has 0 saturated heterocycles. The van der Waals surface area contributed by atoms with Gasteiger partial charge in [-0.2, -0.15) is 0 Å². The van der Waals surface area contributed by atoms with Gasteiger partial charge in [0.05, 0.1) is 27.5 Å². The quantitative estimate of drug-likeness (QED) is 0.101. The highest BCUT2D eigenvalue weighted by molar-refractivity contribution is 6.24. The van der Waals surface area contributed by atoms with Crippen LogP contribution in [0.15, 0.2) is 534 Å². The highest BCUT2D eigenvalue weighted by atomic mass is 15.1. The summed E-state index contributed by atoms with van der Waals surface area (Å²) in [5, 5.41) is 15.0. The van der Waals surface area contributed by atoms with E-state index in [1.54, 1.807) is 0 Å². The Balaban J connectivity index is 0.000000141.